The molecule has 2 aromatic carbocycles. The first-order valence-corrected chi connectivity index (χ1v) is 7.03. The van der Waals surface area contributed by atoms with Gasteiger partial charge in [-0.15, -0.1) is 0 Å². The van der Waals surface area contributed by atoms with Crippen LogP contribution in [0.4, 0.5) is 5.69 Å². The molecule has 5 nitrogen and oxygen atoms in total. The molecule has 3 N–H and O–H groups in total. The van der Waals surface area contributed by atoms with Gasteiger partial charge in [0.1, 0.15) is 11.5 Å². The molecule has 22 heavy (non-hydrogen) atoms. The fourth-order valence-corrected chi connectivity index (χ4v) is 2.00. The Hall–Kier alpha value is -2.31. The summed E-state index contributed by atoms with van der Waals surface area (Å²) in [6, 6.07) is 11.0. The van der Waals surface area contributed by atoms with Crippen molar-refractivity contribution in [2.24, 2.45) is 0 Å². The number of benzene rings is 2. The Kier molecular flexibility index (Phi) is 5.19. The second-order valence-corrected chi connectivity index (χ2v) is 5.14. The van der Waals surface area contributed by atoms with Crippen molar-refractivity contribution >= 4 is 40.5 Å². The molecule has 2 aromatic rings. The molecule has 2 rings (SSSR count). The van der Waals surface area contributed by atoms with Gasteiger partial charge in [-0.1, -0.05) is 11.6 Å². The highest BCUT2D eigenvalue weighted by atomic mass is 35.5. The minimum absolute atomic E-state index is 0.0103. The molecule has 0 unspecified atom stereocenters. The molecule has 0 saturated heterocycles. The van der Waals surface area contributed by atoms with Crippen molar-refractivity contribution in [2.45, 2.75) is 0 Å². The number of anilines is 1. The predicted octanol–water partition coefficient (Wildman–Crippen LogP) is 3.18. The van der Waals surface area contributed by atoms with Crippen molar-refractivity contribution in [3.63, 3.8) is 0 Å². The topological polar surface area (TPSA) is 70.6 Å². The molecular weight excluding hydrogens is 324 g/mol. The Morgan fingerprint density at radius 1 is 1.23 bits per heavy atom. The SMILES string of the molecule is COc1ccc(O)c(NC(=S)NC(=O)c2ccc(Cl)cc2)c1. The van der Waals surface area contributed by atoms with E-state index in [2.05, 4.69) is 10.6 Å². The van der Waals surface area contributed by atoms with Gasteiger partial charge in [-0.25, -0.2) is 0 Å². The van der Waals surface area contributed by atoms with Crippen LogP contribution in [0.3, 0.4) is 0 Å². The lowest BCUT2D eigenvalue weighted by Gasteiger charge is -2.12. The quantitative estimate of drug-likeness (QED) is 0.593. The Bertz CT molecular complexity index is 704. The molecule has 0 bridgehead atoms. The molecule has 7 heteroatoms. The van der Waals surface area contributed by atoms with Crippen LogP contribution in [-0.4, -0.2) is 23.2 Å². The molecule has 1 amide bonds. The molecule has 0 atom stereocenters. The number of carbonyl (C=O) groups is 1. The minimum Gasteiger partial charge on any atom is -0.506 e. The predicted molar refractivity (Wildman–Crippen MR) is 89.8 cm³/mol. The number of aromatic hydroxyl groups is 1. The summed E-state index contributed by atoms with van der Waals surface area (Å²) in [7, 11) is 1.51. The van der Waals surface area contributed by atoms with Gasteiger partial charge in [0, 0.05) is 16.7 Å². The van der Waals surface area contributed by atoms with E-state index in [9.17, 15) is 9.90 Å². The summed E-state index contributed by atoms with van der Waals surface area (Å²) < 4.78 is 5.06. The van der Waals surface area contributed by atoms with Crippen LogP contribution in [0.1, 0.15) is 10.4 Å². The number of ether oxygens (including phenoxy) is 1. The van der Waals surface area contributed by atoms with Crippen LogP contribution in [0, 0.1) is 0 Å². The first-order valence-electron chi connectivity index (χ1n) is 6.24. The van der Waals surface area contributed by atoms with Gasteiger partial charge < -0.3 is 15.2 Å². The van der Waals surface area contributed by atoms with Crippen molar-refractivity contribution in [3.05, 3.63) is 53.1 Å². The van der Waals surface area contributed by atoms with E-state index in [0.29, 0.717) is 22.0 Å². The lowest BCUT2D eigenvalue weighted by atomic mass is 10.2. The van der Waals surface area contributed by atoms with Crippen LogP contribution < -0.4 is 15.4 Å². The Balaban J connectivity index is 2.04. The zero-order valence-corrected chi connectivity index (χ0v) is 13.2. The van der Waals surface area contributed by atoms with Gasteiger partial charge in [0.15, 0.2) is 5.11 Å². The molecule has 0 aliphatic carbocycles. The molecule has 0 aliphatic heterocycles. The van der Waals surface area contributed by atoms with Crippen LogP contribution in [0.2, 0.25) is 5.02 Å². The summed E-state index contributed by atoms with van der Waals surface area (Å²) in [6.07, 6.45) is 0. The van der Waals surface area contributed by atoms with E-state index in [-0.39, 0.29) is 16.8 Å². The Labute approximate surface area is 137 Å². The third kappa shape index (κ3) is 4.09. The number of carbonyl (C=O) groups excluding carboxylic acids is 1. The average molecular weight is 337 g/mol. The number of phenols is 1. The second-order valence-electron chi connectivity index (χ2n) is 4.30. The molecular formula is C15H13ClN2O3S. The molecule has 0 aliphatic rings. The fourth-order valence-electron chi connectivity index (χ4n) is 1.67. The third-order valence-electron chi connectivity index (χ3n) is 2.79. The van der Waals surface area contributed by atoms with Gasteiger partial charge in [0.2, 0.25) is 0 Å². The fraction of sp³-hybridized carbons (Fsp3) is 0.0667. The summed E-state index contributed by atoms with van der Waals surface area (Å²) >= 11 is 10.8. The number of methoxy groups -OCH3 is 1. The first kappa shape index (κ1) is 16.1. The highest BCUT2D eigenvalue weighted by molar-refractivity contribution is 7.80. The van der Waals surface area contributed by atoms with Crippen LogP contribution in [0.25, 0.3) is 0 Å². The van der Waals surface area contributed by atoms with Gasteiger partial charge in [-0.3, -0.25) is 10.1 Å². The summed E-state index contributed by atoms with van der Waals surface area (Å²) in [6.45, 7) is 0. The van der Waals surface area contributed by atoms with Crippen molar-refractivity contribution < 1.29 is 14.6 Å². The smallest absolute Gasteiger partial charge is 0.257 e. The highest BCUT2D eigenvalue weighted by Crippen LogP contribution is 2.27. The van der Waals surface area contributed by atoms with E-state index in [4.69, 9.17) is 28.6 Å². The van der Waals surface area contributed by atoms with Crippen LogP contribution >= 0.6 is 23.8 Å². The number of rotatable bonds is 3. The molecule has 0 spiro atoms. The maximum absolute atomic E-state index is 12.0. The van der Waals surface area contributed by atoms with Crippen LogP contribution in [0.5, 0.6) is 11.5 Å². The van der Waals surface area contributed by atoms with Crippen LogP contribution in [-0.2, 0) is 0 Å². The van der Waals surface area contributed by atoms with Gasteiger partial charge in [0.05, 0.1) is 12.8 Å². The summed E-state index contributed by atoms with van der Waals surface area (Å²) in [5, 5.41) is 15.6. The maximum Gasteiger partial charge on any atom is 0.257 e. The van der Waals surface area contributed by atoms with Crippen LogP contribution in [0.15, 0.2) is 42.5 Å². The standard InChI is InChI=1S/C15H13ClN2O3S/c1-21-11-6-7-13(19)12(8-11)17-15(22)18-14(20)9-2-4-10(16)5-3-9/h2-8,19H,1H3,(H2,17,18,20,22). The zero-order chi connectivity index (χ0) is 16.1. The number of phenolic OH excluding ortho intramolecular Hbond substituents is 1. The summed E-state index contributed by atoms with van der Waals surface area (Å²) in [4.78, 5) is 12.0. The summed E-state index contributed by atoms with van der Waals surface area (Å²) in [5.41, 5.74) is 0.754. The van der Waals surface area contributed by atoms with Crippen molar-refractivity contribution in [2.75, 3.05) is 12.4 Å². The molecule has 0 fully saturated rings. The lowest BCUT2D eigenvalue weighted by molar-refractivity contribution is 0.0977. The monoisotopic (exact) mass is 336 g/mol. The van der Waals surface area contributed by atoms with E-state index in [1.54, 1.807) is 36.4 Å². The molecule has 114 valence electrons. The van der Waals surface area contributed by atoms with E-state index in [1.165, 1.54) is 13.2 Å². The number of halogens is 1. The first-order chi connectivity index (χ1) is 10.5. The van der Waals surface area contributed by atoms with Crippen molar-refractivity contribution in [3.8, 4) is 11.5 Å². The minimum atomic E-state index is -0.378. The number of thiocarbonyl (C=S) groups is 1. The van der Waals surface area contributed by atoms with Gasteiger partial charge in [-0.05, 0) is 48.6 Å². The number of nitrogens with one attached hydrogen (secondary N) is 2. The largest absolute Gasteiger partial charge is 0.506 e. The third-order valence-corrected chi connectivity index (χ3v) is 3.24. The molecule has 0 saturated carbocycles. The molecule has 0 aromatic heterocycles. The van der Waals surface area contributed by atoms with Gasteiger partial charge in [-0.2, -0.15) is 0 Å². The van der Waals surface area contributed by atoms with E-state index in [0.717, 1.165) is 0 Å². The van der Waals surface area contributed by atoms with E-state index >= 15 is 0 Å². The van der Waals surface area contributed by atoms with Gasteiger partial charge >= 0.3 is 0 Å². The van der Waals surface area contributed by atoms with E-state index < -0.39 is 0 Å². The second kappa shape index (κ2) is 7.11. The van der Waals surface area contributed by atoms with E-state index in [1.807, 2.05) is 0 Å². The Morgan fingerprint density at radius 2 is 1.91 bits per heavy atom. The zero-order valence-electron chi connectivity index (χ0n) is 11.6. The van der Waals surface area contributed by atoms with Gasteiger partial charge in [0.25, 0.3) is 5.91 Å². The lowest BCUT2D eigenvalue weighted by Crippen LogP contribution is -2.34. The normalized spacial score (nSPS) is 9.91. The molecule has 0 heterocycles. The Morgan fingerprint density at radius 3 is 2.55 bits per heavy atom. The maximum atomic E-state index is 12.0. The number of hydrogen-bond donors (Lipinski definition) is 3. The highest BCUT2D eigenvalue weighted by Gasteiger charge is 2.10. The number of hydrogen-bond acceptors (Lipinski definition) is 4. The number of amides is 1. The van der Waals surface area contributed by atoms with Crippen molar-refractivity contribution in [1.29, 1.82) is 0 Å². The molecule has 0 radical (unpaired) electrons. The summed E-state index contributed by atoms with van der Waals surface area (Å²) in [5.74, 6) is 0.160. The van der Waals surface area contributed by atoms with Crippen molar-refractivity contribution in [1.82, 2.24) is 5.32 Å². The average Bonchev–Trinajstić information content (AvgIpc) is 2.50.